The molecular weight excluding hydrogens is 223 g/mol. The molecule has 1 heterocycles. The van der Waals surface area contributed by atoms with E-state index < -0.39 is 17.4 Å². The highest BCUT2D eigenvalue weighted by Gasteiger charge is 2.17. The van der Waals surface area contributed by atoms with E-state index in [0.717, 1.165) is 6.07 Å². The molecule has 0 unspecified atom stereocenters. The maximum absolute atomic E-state index is 12.3. The molecule has 13 heavy (non-hydrogen) atoms. The topological polar surface area (TPSA) is 32.9 Å². The highest BCUT2D eigenvalue weighted by atomic mass is 35.5. The minimum atomic E-state index is -2.84. The Labute approximate surface area is 82.5 Å². The van der Waals surface area contributed by atoms with E-state index in [2.05, 4.69) is 4.98 Å². The van der Waals surface area contributed by atoms with Crippen LogP contribution in [0.3, 0.4) is 0 Å². The second-order valence-electron chi connectivity index (χ2n) is 2.31. The van der Waals surface area contributed by atoms with Crippen LogP contribution < -0.4 is 5.43 Å². The van der Waals surface area contributed by atoms with E-state index in [-0.39, 0.29) is 16.7 Å². The Bertz CT molecular complexity index is 364. The standard InChI is InChI=1S/C7H5Cl2F2NO/c8-2-3-6(7(10)11)4(13)1-5(9)12-3/h1,7H,2H2,(H,12,13). The minimum absolute atomic E-state index is 0.00468. The Morgan fingerprint density at radius 1 is 1.54 bits per heavy atom. The second kappa shape index (κ2) is 4.07. The predicted molar refractivity (Wildman–Crippen MR) is 46.6 cm³/mol. The van der Waals surface area contributed by atoms with Gasteiger partial charge >= 0.3 is 0 Å². The number of hydrogen-bond acceptors (Lipinski definition) is 1. The van der Waals surface area contributed by atoms with Gasteiger partial charge in [0.25, 0.3) is 6.43 Å². The van der Waals surface area contributed by atoms with Crippen molar-refractivity contribution in [3.8, 4) is 0 Å². The van der Waals surface area contributed by atoms with Crippen LogP contribution in [0.2, 0.25) is 5.15 Å². The van der Waals surface area contributed by atoms with Crippen LogP contribution in [-0.2, 0) is 5.88 Å². The predicted octanol–water partition coefficient (Wildman–Crippen LogP) is 2.70. The summed E-state index contributed by atoms with van der Waals surface area (Å²) in [6, 6.07) is 0.902. The van der Waals surface area contributed by atoms with Crippen LogP contribution in [0.25, 0.3) is 0 Å². The van der Waals surface area contributed by atoms with E-state index in [1.54, 1.807) is 0 Å². The molecule has 0 radical (unpaired) electrons. The maximum Gasteiger partial charge on any atom is 0.269 e. The molecule has 72 valence electrons. The lowest BCUT2D eigenvalue weighted by Gasteiger charge is -2.05. The fourth-order valence-electron chi connectivity index (χ4n) is 0.934. The van der Waals surface area contributed by atoms with Gasteiger partial charge in [-0.05, 0) is 0 Å². The maximum atomic E-state index is 12.3. The van der Waals surface area contributed by atoms with Crippen molar-refractivity contribution in [1.29, 1.82) is 0 Å². The molecule has 0 aliphatic heterocycles. The number of aromatic amines is 1. The average Bonchev–Trinajstić information content (AvgIpc) is 2.01. The molecule has 1 N–H and O–H groups in total. The average molecular weight is 228 g/mol. The van der Waals surface area contributed by atoms with Crippen molar-refractivity contribution in [3.05, 3.63) is 32.7 Å². The Hall–Kier alpha value is -0.610. The van der Waals surface area contributed by atoms with Crippen molar-refractivity contribution in [2.75, 3.05) is 0 Å². The van der Waals surface area contributed by atoms with E-state index in [4.69, 9.17) is 23.2 Å². The second-order valence-corrected chi connectivity index (χ2v) is 2.98. The quantitative estimate of drug-likeness (QED) is 0.612. The van der Waals surface area contributed by atoms with Gasteiger partial charge in [0.15, 0.2) is 5.43 Å². The summed E-state index contributed by atoms with van der Waals surface area (Å²) < 4.78 is 24.6. The Kier molecular flexibility index (Phi) is 3.27. The SMILES string of the molecule is O=c1cc(Cl)[nH]c(CCl)c1C(F)F. The number of pyridine rings is 1. The number of nitrogens with one attached hydrogen (secondary N) is 1. The van der Waals surface area contributed by atoms with Gasteiger partial charge in [0.1, 0.15) is 5.15 Å². The molecule has 0 saturated heterocycles. The Morgan fingerprint density at radius 2 is 2.15 bits per heavy atom. The molecular formula is C7H5Cl2F2NO. The fourth-order valence-corrected chi connectivity index (χ4v) is 1.36. The lowest BCUT2D eigenvalue weighted by molar-refractivity contribution is 0.148. The number of rotatable bonds is 2. The third-order valence-corrected chi connectivity index (χ3v) is 1.94. The molecule has 0 bridgehead atoms. The summed E-state index contributed by atoms with van der Waals surface area (Å²) in [6.45, 7) is 0. The summed E-state index contributed by atoms with van der Waals surface area (Å²) in [5.41, 5.74) is -1.44. The van der Waals surface area contributed by atoms with Gasteiger partial charge in [0, 0.05) is 11.8 Å². The number of hydrogen-bond donors (Lipinski definition) is 1. The number of halogens is 4. The van der Waals surface area contributed by atoms with Gasteiger partial charge in [-0.25, -0.2) is 8.78 Å². The van der Waals surface area contributed by atoms with E-state index in [1.807, 2.05) is 0 Å². The van der Waals surface area contributed by atoms with Crippen molar-refractivity contribution in [1.82, 2.24) is 4.98 Å². The van der Waals surface area contributed by atoms with Crippen LogP contribution in [0, 0.1) is 0 Å². The summed E-state index contributed by atoms with van der Waals surface area (Å²) in [5, 5.41) is 0.00468. The van der Waals surface area contributed by atoms with E-state index in [9.17, 15) is 13.6 Å². The van der Waals surface area contributed by atoms with Gasteiger partial charge < -0.3 is 4.98 Å². The van der Waals surface area contributed by atoms with E-state index in [0.29, 0.717) is 0 Å². The molecule has 0 aliphatic rings. The molecule has 0 atom stereocenters. The van der Waals surface area contributed by atoms with Gasteiger partial charge in [-0.3, -0.25) is 4.79 Å². The third kappa shape index (κ3) is 2.19. The molecule has 0 aliphatic carbocycles. The lowest BCUT2D eigenvalue weighted by atomic mass is 10.2. The van der Waals surface area contributed by atoms with Crippen molar-refractivity contribution in [2.24, 2.45) is 0 Å². The highest BCUT2D eigenvalue weighted by Crippen LogP contribution is 2.20. The Balaban J connectivity index is 3.39. The summed E-state index contributed by atoms with van der Waals surface area (Å²) in [5.74, 6) is -0.199. The first-order chi connectivity index (χ1) is 6.06. The molecule has 0 aromatic carbocycles. The highest BCUT2D eigenvalue weighted by molar-refractivity contribution is 6.29. The first-order valence-electron chi connectivity index (χ1n) is 3.32. The summed E-state index contributed by atoms with van der Waals surface area (Å²) >= 11 is 10.8. The minimum Gasteiger partial charge on any atom is -0.348 e. The Morgan fingerprint density at radius 3 is 2.62 bits per heavy atom. The summed E-state index contributed by atoms with van der Waals surface area (Å²) in [7, 11) is 0. The lowest BCUT2D eigenvalue weighted by Crippen LogP contribution is -2.13. The molecule has 0 spiro atoms. The monoisotopic (exact) mass is 227 g/mol. The van der Waals surface area contributed by atoms with Gasteiger partial charge in [-0.2, -0.15) is 0 Å². The van der Waals surface area contributed by atoms with Crippen LogP contribution in [0.15, 0.2) is 10.9 Å². The first-order valence-corrected chi connectivity index (χ1v) is 4.23. The zero-order valence-electron chi connectivity index (χ0n) is 6.28. The molecule has 1 aromatic heterocycles. The van der Waals surface area contributed by atoms with Crippen molar-refractivity contribution in [2.45, 2.75) is 12.3 Å². The fraction of sp³-hybridized carbons (Fsp3) is 0.286. The van der Waals surface area contributed by atoms with Crippen LogP contribution in [-0.4, -0.2) is 4.98 Å². The molecule has 1 aromatic rings. The van der Waals surface area contributed by atoms with Crippen molar-refractivity contribution < 1.29 is 8.78 Å². The first kappa shape index (κ1) is 10.5. The summed E-state index contributed by atoms with van der Waals surface area (Å²) in [4.78, 5) is 13.4. The molecule has 2 nitrogen and oxygen atoms in total. The molecule has 0 fully saturated rings. The largest absolute Gasteiger partial charge is 0.348 e. The van der Waals surface area contributed by atoms with Crippen LogP contribution >= 0.6 is 23.2 Å². The molecule has 0 amide bonds. The number of H-pyrrole nitrogens is 1. The van der Waals surface area contributed by atoms with Crippen LogP contribution in [0.1, 0.15) is 17.7 Å². The zero-order valence-corrected chi connectivity index (χ0v) is 7.79. The zero-order chi connectivity index (χ0) is 10.0. The molecule has 6 heteroatoms. The molecule has 1 rings (SSSR count). The van der Waals surface area contributed by atoms with Crippen molar-refractivity contribution in [3.63, 3.8) is 0 Å². The van der Waals surface area contributed by atoms with E-state index in [1.165, 1.54) is 0 Å². The van der Waals surface area contributed by atoms with Gasteiger partial charge in [0.05, 0.1) is 11.4 Å². The summed E-state index contributed by atoms with van der Waals surface area (Å²) in [6.07, 6.45) is -2.84. The van der Waals surface area contributed by atoms with Gasteiger partial charge in [-0.1, -0.05) is 11.6 Å². The van der Waals surface area contributed by atoms with Gasteiger partial charge in [-0.15, -0.1) is 11.6 Å². The smallest absolute Gasteiger partial charge is 0.269 e. The van der Waals surface area contributed by atoms with Crippen molar-refractivity contribution >= 4 is 23.2 Å². The van der Waals surface area contributed by atoms with Crippen LogP contribution in [0.5, 0.6) is 0 Å². The molecule has 0 saturated carbocycles. The van der Waals surface area contributed by atoms with E-state index >= 15 is 0 Å². The number of aromatic nitrogens is 1. The normalized spacial score (nSPS) is 10.8. The van der Waals surface area contributed by atoms with Crippen LogP contribution in [0.4, 0.5) is 8.78 Å². The number of alkyl halides is 3. The third-order valence-electron chi connectivity index (χ3n) is 1.47. The van der Waals surface area contributed by atoms with Gasteiger partial charge in [0.2, 0.25) is 0 Å².